The maximum Gasteiger partial charge on any atom is 0.284 e. The molecule has 0 aliphatic rings. The van der Waals surface area contributed by atoms with E-state index in [1.807, 2.05) is 0 Å². The fourth-order valence-electron chi connectivity index (χ4n) is 3.19. The van der Waals surface area contributed by atoms with Crippen LogP contribution in [0.1, 0.15) is 9.80 Å². The molecule has 0 aliphatic carbocycles. The Hall–Kier alpha value is -3.50. The Morgan fingerprint density at radius 3 is 2.18 bits per heavy atom. The predicted octanol–water partition coefficient (Wildman–Crippen LogP) is 5.55. The van der Waals surface area contributed by atoms with E-state index in [4.69, 9.17) is 0 Å². The fraction of sp³-hybridized carbons (Fsp3) is 0.0435. The van der Waals surface area contributed by atoms with Crippen LogP contribution in [0.25, 0.3) is 21.7 Å². The van der Waals surface area contributed by atoms with Crippen molar-refractivity contribution in [1.82, 2.24) is 4.98 Å². The number of amides is 1. The normalized spacial score (nSPS) is 11.4. The Bertz CT molecular complexity index is 1450. The third-order valence-corrected chi connectivity index (χ3v) is 6.83. The SMILES string of the molecule is CS(=O)(=O)c1ccccc1-c1sc(C(=O)Nc2cc(F)cc(F)c2)nc1-c1ccc(F)cc1. The van der Waals surface area contributed by atoms with Crippen molar-refractivity contribution < 1.29 is 26.4 Å². The van der Waals surface area contributed by atoms with Crippen molar-refractivity contribution in [2.45, 2.75) is 4.90 Å². The molecule has 0 unspecified atom stereocenters. The van der Waals surface area contributed by atoms with Gasteiger partial charge in [0.1, 0.15) is 17.5 Å². The standard InChI is InChI=1S/C23H15F3N2O3S2/c1-33(30,31)19-5-3-2-4-18(19)21-20(13-6-8-14(24)9-7-13)28-23(32-21)22(29)27-17-11-15(25)10-16(26)12-17/h2-12H,1H3,(H,27,29). The van der Waals surface area contributed by atoms with Crippen molar-refractivity contribution >= 4 is 32.8 Å². The highest BCUT2D eigenvalue weighted by atomic mass is 32.2. The van der Waals surface area contributed by atoms with Crippen LogP contribution in [0.5, 0.6) is 0 Å². The summed E-state index contributed by atoms with van der Waals surface area (Å²) in [5.74, 6) is -2.94. The van der Waals surface area contributed by atoms with Crippen molar-refractivity contribution in [3.8, 4) is 21.7 Å². The van der Waals surface area contributed by atoms with Gasteiger partial charge < -0.3 is 5.32 Å². The van der Waals surface area contributed by atoms with Crippen LogP contribution in [0.3, 0.4) is 0 Å². The van der Waals surface area contributed by atoms with E-state index in [0.717, 1.165) is 29.7 Å². The molecular formula is C23H15F3N2O3S2. The van der Waals surface area contributed by atoms with Gasteiger partial charge in [-0.1, -0.05) is 18.2 Å². The van der Waals surface area contributed by atoms with Gasteiger partial charge in [0.05, 0.1) is 15.5 Å². The first-order chi connectivity index (χ1) is 15.6. The molecule has 0 saturated carbocycles. The molecule has 3 aromatic carbocycles. The van der Waals surface area contributed by atoms with Crippen LogP contribution in [0.2, 0.25) is 0 Å². The third kappa shape index (κ3) is 4.96. The zero-order valence-corrected chi connectivity index (χ0v) is 18.6. The lowest BCUT2D eigenvalue weighted by Crippen LogP contribution is -2.12. The van der Waals surface area contributed by atoms with Crippen molar-refractivity contribution in [3.05, 3.63) is 89.2 Å². The number of hydrogen-bond donors (Lipinski definition) is 1. The average Bonchev–Trinajstić information content (AvgIpc) is 3.18. The topological polar surface area (TPSA) is 76.1 Å². The predicted molar refractivity (Wildman–Crippen MR) is 120 cm³/mol. The summed E-state index contributed by atoms with van der Waals surface area (Å²) in [5.41, 5.74) is 0.954. The Labute approximate surface area is 191 Å². The molecule has 1 amide bonds. The van der Waals surface area contributed by atoms with E-state index < -0.39 is 33.2 Å². The molecule has 0 spiro atoms. The zero-order chi connectivity index (χ0) is 23.8. The van der Waals surface area contributed by atoms with E-state index in [9.17, 15) is 26.4 Å². The number of rotatable bonds is 5. The number of nitrogens with one attached hydrogen (secondary N) is 1. The summed E-state index contributed by atoms with van der Waals surface area (Å²) >= 11 is 0.909. The van der Waals surface area contributed by atoms with Gasteiger partial charge in [-0.15, -0.1) is 11.3 Å². The molecule has 10 heteroatoms. The third-order valence-electron chi connectivity index (χ3n) is 4.59. The molecular weight excluding hydrogens is 473 g/mol. The highest BCUT2D eigenvalue weighted by molar-refractivity contribution is 7.90. The Morgan fingerprint density at radius 1 is 0.909 bits per heavy atom. The largest absolute Gasteiger partial charge is 0.320 e. The highest BCUT2D eigenvalue weighted by Crippen LogP contribution is 2.40. The number of sulfone groups is 1. The Morgan fingerprint density at radius 2 is 1.55 bits per heavy atom. The number of hydrogen-bond acceptors (Lipinski definition) is 5. The number of thiazole rings is 1. The van der Waals surface area contributed by atoms with E-state index in [1.54, 1.807) is 18.2 Å². The molecule has 0 saturated heterocycles. The number of carbonyl (C=O) groups excluding carboxylic acids is 1. The van der Waals surface area contributed by atoms with Gasteiger partial charge in [0.15, 0.2) is 14.8 Å². The minimum absolute atomic E-state index is 0.0381. The molecule has 0 fully saturated rings. The summed E-state index contributed by atoms with van der Waals surface area (Å²) in [6.45, 7) is 0. The van der Waals surface area contributed by atoms with E-state index in [-0.39, 0.29) is 21.3 Å². The summed E-state index contributed by atoms with van der Waals surface area (Å²) in [7, 11) is -3.62. The van der Waals surface area contributed by atoms with Crippen molar-refractivity contribution in [2.75, 3.05) is 11.6 Å². The summed E-state index contributed by atoms with van der Waals surface area (Å²) in [4.78, 5) is 17.6. The molecule has 0 atom stereocenters. The van der Waals surface area contributed by atoms with Crippen LogP contribution in [-0.4, -0.2) is 25.6 Å². The number of halogens is 3. The number of anilines is 1. The minimum Gasteiger partial charge on any atom is -0.320 e. The highest BCUT2D eigenvalue weighted by Gasteiger charge is 2.24. The Kier molecular flexibility index (Phi) is 6.05. The average molecular weight is 489 g/mol. The fourth-order valence-corrected chi connectivity index (χ4v) is 5.17. The van der Waals surface area contributed by atoms with Crippen LogP contribution in [0.15, 0.2) is 71.6 Å². The van der Waals surface area contributed by atoms with Gasteiger partial charge in [-0.05, 0) is 42.5 Å². The lowest BCUT2D eigenvalue weighted by Gasteiger charge is -2.08. The molecule has 1 aromatic heterocycles. The van der Waals surface area contributed by atoms with Gasteiger partial charge in [0.2, 0.25) is 0 Å². The van der Waals surface area contributed by atoms with Crippen LogP contribution >= 0.6 is 11.3 Å². The van der Waals surface area contributed by atoms with Crippen LogP contribution in [0.4, 0.5) is 18.9 Å². The zero-order valence-electron chi connectivity index (χ0n) is 17.0. The Balaban J connectivity index is 1.85. The lowest BCUT2D eigenvalue weighted by atomic mass is 10.1. The smallest absolute Gasteiger partial charge is 0.284 e. The molecule has 168 valence electrons. The van der Waals surface area contributed by atoms with Gasteiger partial charge in [-0.25, -0.2) is 26.6 Å². The number of aromatic nitrogens is 1. The first-order valence-corrected chi connectivity index (χ1v) is 12.2. The van der Waals surface area contributed by atoms with E-state index in [2.05, 4.69) is 10.3 Å². The van der Waals surface area contributed by atoms with E-state index >= 15 is 0 Å². The van der Waals surface area contributed by atoms with Crippen molar-refractivity contribution in [2.24, 2.45) is 0 Å². The van der Waals surface area contributed by atoms with Crippen molar-refractivity contribution in [3.63, 3.8) is 0 Å². The minimum atomic E-state index is -3.62. The van der Waals surface area contributed by atoms with Gasteiger partial charge in [0, 0.05) is 29.1 Å². The summed E-state index contributed by atoms with van der Waals surface area (Å²) in [6.07, 6.45) is 1.07. The van der Waals surface area contributed by atoms with E-state index in [1.165, 1.54) is 30.3 Å². The van der Waals surface area contributed by atoms with Crippen molar-refractivity contribution in [1.29, 1.82) is 0 Å². The molecule has 0 radical (unpaired) electrons. The van der Waals surface area contributed by atoms with Gasteiger partial charge in [0.25, 0.3) is 5.91 Å². The van der Waals surface area contributed by atoms with Gasteiger partial charge >= 0.3 is 0 Å². The van der Waals surface area contributed by atoms with Crippen LogP contribution in [0, 0.1) is 17.5 Å². The second-order valence-corrected chi connectivity index (χ2v) is 10.1. The number of carbonyl (C=O) groups is 1. The molecule has 0 aliphatic heterocycles. The molecule has 4 rings (SSSR count). The second kappa shape index (κ2) is 8.80. The molecule has 1 heterocycles. The number of benzene rings is 3. The first kappa shape index (κ1) is 22.7. The van der Waals surface area contributed by atoms with Crippen LogP contribution < -0.4 is 5.32 Å². The number of nitrogens with zero attached hydrogens (tertiary/aromatic N) is 1. The monoisotopic (exact) mass is 488 g/mol. The maximum absolute atomic E-state index is 13.5. The molecule has 0 bridgehead atoms. The van der Waals surface area contributed by atoms with Gasteiger partial charge in [-0.2, -0.15) is 0 Å². The lowest BCUT2D eigenvalue weighted by molar-refractivity contribution is 0.102. The van der Waals surface area contributed by atoms with Gasteiger partial charge in [-0.3, -0.25) is 4.79 Å². The maximum atomic E-state index is 13.5. The molecule has 1 N–H and O–H groups in total. The first-order valence-electron chi connectivity index (χ1n) is 9.45. The van der Waals surface area contributed by atoms with Crippen LogP contribution in [-0.2, 0) is 9.84 Å². The summed E-state index contributed by atoms with van der Waals surface area (Å²) in [6, 6.07) is 14.2. The summed E-state index contributed by atoms with van der Waals surface area (Å²) < 4.78 is 65.1. The summed E-state index contributed by atoms with van der Waals surface area (Å²) in [5, 5.41) is 2.32. The molecule has 4 aromatic rings. The second-order valence-electron chi connectivity index (χ2n) is 7.08. The van der Waals surface area contributed by atoms with E-state index in [0.29, 0.717) is 22.1 Å². The molecule has 5 nitrogen and oxygen atoms in total. The quantitative estimate of drug-likeness (QED) is 0.400. The molecule has 33 heavy (non-hydrogen) atoms.